The van der Waals surface area contributed by atoms with Crippen LogP contribution in [0, 0.1) is 18.7 Å². The van der Waals surface area contributed by atoms with Gasteiger partial charge in [0.2, 0.25) is 5.91 Å². The zero-order valence-electron chi connectivity index (χ0n) is 14.5. The van der Waals surface area contributed by atoms with Gasteiger partial charge in [-0.15, -0.1) is 0 Å². The van der Waals surface area contributed by atoms with Gasteiger partial charge in [-0.2, -0.15) is 0 Å². The Morgan fingerprint density at radius 1 is 1.20 bits per heavy atom. The van der Waals surface area contributed by atoms with Crippen LogP contribution in [0.4, 0.5) is 4.39 Å². The summed E-state index contributed by atoms with van der Waals surface area (Å²) in [7, 11) is 0. The summed E-state index contributed by atoms with van der Waals surface area (Å²) >= 11 is 0. The van der Waals surface area contributed by atoms with Crippen molar-refractivity contribution in [3.8, 4) is 0 Å². The number of aryl methyl sites for hydroxylation is 1. The molecule has 2 aromatic rings. The molecule has 0 radical (unpaired) electrons. The molecule has 0 aliphatic carbocycles. The van der Waals surface area contributed by atoms with Gasteiger partial charge in [-0.1, -0.05) is 12.1 Å². The van der Waals surface area contributed by atoms with Crippen LogP contribution in [0.1, 0.15) is 29.5 Å². The average Bonchev–Trinajstić information content (AvgIpc) is 2.64. The van der Waals surface area contributed by atoms with Crippen LogP contribution in [0.15, 0.2) is 42.7 Å². The summed E-state index contributed by atoms with van der Waals surface area (Å²) in [5, 5.41) is 2.95. The summed E-state index contributed by atoms with van der Waals surface area (Å²) in [6, 6.07) is 9.15. The zero-order chi connectivity index (χ0) is 17.6. The highest BCUT2D eigenvalue weighted by molar-refractivity contribution is 5.78. The number of carbonyl (C=O) groups excluding carboxylic acids is 1. The van der Waals surface area contributed by atoms with Crippen LogP contribution in [-0.4, -0.2) is 28.9 Å². The molecule has 1 amide bonds. The van der Waals surface area contributed by atoms with Gasteiger partial charge in [0.15, 0.2) is 0 Å². The van der Waals surface area contributed by atoms with Gasteiger partial charge < -0.3 is 5.32 Å². The number of nitrogens with zero attached hydrogens (tertiary/aromatic N) is 2. The Balaban J connectivity index is 1.44. The van der Waals surface area contributed by atoms with E-state index in [1.807, 2.05) is 30.6 Å². The minimum Gasteiger partial charge on any atom is -0.352 e. The van der Waals surface area contributed by atoms with E-state index in [4.69, 9.17) is 0 Å². The number of benzene rings is 1. The fraction of sp³-hybridized carbons (Fsp3) is 0.400. The van der Waals surface area contributed by atoms with Crippen molar-refractivity contribution in [1.82, 2.24) is 15.2 Å². The van der Waals surface area contributed by atoms with Crippen molar-refractivity contribution in [3.63, 3.8) is 0 Å². The monoisotopic (exact) mass is 341 g/mol. The maximum Gasteiger partial charge on any atom is 0.223 e. The molecule has 1 aromatic heterocycles. The molecule has 1 aliphatic heterocycles. The predicted octanol–water partition coefficient (Wildman–Crippen LogP) is 3.06. The molecule has 132 valence electrons. The first-order chi connectivity index (χ1) is 12.1. The third-order valence-electron chi connectivity index (χ3n) is 4.82. The van der Waals surface area contributed by atoms with E-state index in [2.05, 4.69) is 15.2 Å². The van der Waals surface area contributed by atoms with Crippen LogP contribution in [0.2, 0.25) is 0 Å². The Morgan fingerprint density at radius 2 is 1.92 bits per heavy atom. The van der Waals surface area contributed by atoms with Crippen molar-refractivity contribution in [2.24, 2.45) is 5.92 Å². The number of hydrogen-bond acceptors (Lipinski definition) is 3. The summed E-state index contributed by atoms with van der Waals surface area (Å²) in [6.07, 6.45) is 5.34. The number of hydrogen-bond donors (Lipinski definition) is 1. The third-order valence-corrected chi connectivity index (χ3v) is 4.82. The molecule has 25 heavy (non-hydrogen) atoms. The highest BCUT2D eigenvalue weighted by Gasteiger charge is 2.24. The van der Waals surface area contributed by atoms with Crippen molar-refractivity contribution < 1.29 is 9.18 Å². The fourth-order valence-corrected chi connectivity index (χ4v) is 3.18. The number of rotatable bonds is 5. The van der Waals surface area contributed by atoms with Crippen LogP contribution in [0.25, 0.3) is 0 Å². The number of aromatic nitrogens is 1. The van der Waals surface area contributed by atoms with Crippen molar-refractivity contribution in [1.29, 1.82) is 0 Å². The summed E-state index contributed by atoms with van der Waals surface area (Å²) in [4.78, 5) is 18.8. The second kappa shape index (κ2) is 8.21. The second-order valence-electron chi connectivity index (χ2n) is 6.71. The highest BCUT2D eigenvalue weighted by atomic mass is 19.1. The molecule has 2 heterocycles. The van der Waals surface area contributed by atoms with Gasteiger partial charge >= 0.3 is 0 Å². The van der Waals surface area contributed by atoms with E-state index in [0.717, 1.165) is 38.0 Å². The van der Waals surface area contributed by atoms with E-state index in [9.17, 15) is 9.18 Å². The first kappa shape index (κ1) is 17.5. The van der Waals surface area contributed by atoms with Gasteiger partial charge in [-0.3, -0.25) is 14.7 Å². The minimum atomic E-state index is -0.226. The fourth-order valence-electron chi connectivity index (χ4n) is 3.18. The minimum absolute atomic E-state index is 0.0454. The molecule has 5 heteroatoms. The SMILES string of the molecule is Cc1ccc(CNC(=O)C2CCN(Cc3ccncc3)CC2)cc1F. The molecule has 1 saturated heterocycles. The van der Waals surface area contributed by atoms with Crippen LogP contribution in [-0.2, 0) is 17.9 Å². The molecule has 1 N–H and O–H groups in total. The van der Waals surface area contributed by atoms with Gasteiger partial charge in [0.05, 0.1) is 0 Å². The molecule has 1 fully saturated rings. The molecule has 0 atom stereocenters. The van der Waals surface area contributed by atoms with Gasteiger partial charge in [-0.25, -0.2) is 4.39 Å². The van der Waals surface area contributed by atoms with E-state index in [-0.39, 0.29) is 17.6 Å². The number of amides is 1. The Bertz CT molecular complexity index is 712. The molecule has 0 saturated carbocycles. The maximum atomic E-state index is 13.6. The molecule has 0 unspecified atom stereocenters. The molecular weight excluding hydrogens is 317 g/mol. The molecular formula is C20H24FN3O. The summed E-state index contributed by atoms with van der Waals surface area (Å²) in [6.45, 7) is 4.85. The van der Waals surface area contributed by atoms with E-state index >= 15 is 0 Å². The number of nitrogens with one attached hydrogen (secondary N) is 1. The van der Waals surface area contributed by atoms with E-state index in [0.29, 0.717) is 12.1 Å². The van der Waals surface area contributed by atoms with E-state index < -0.39 is 0 Å². The lowest BCUT2D eigenvalue weighted by Crippen LogP contribution is -2.40. The first-order valence-corrected chi connectivity index (χ1v) is 8.76. The van der Waals surface area contributed by atoms with Crippen LogP contribution < -0.4 is 5.32 Å². The van der Waals surface area contributed by atoms with Gasteiger partial charge in [0.25, 0.3) is 0 Å². The van der Waals surface area contributed by atoms with Crippen molar-refractivity contribution in [2.75, 3.05) is 13.1 Å². The lowest BCUT2D eigenvalue weighted by Gasteiger charge is -2.31. The number of pyridine rings is 1. The zero-order valence-corrected chi connectivity index (χ0v) is 14.5. The molecule has 4 nitrogen and oxygen atoms in total. The number of likely N-dealkylation sites (tertiary alicyclic amines) is 1. The lowest BCUT2D eigenvalue weighted by molar-refractivity contribution is -0.126. The van der Waals surface area contributed by atoms with E-state index in [1.165, 1.54) is 11.6 Å². The molecule has 0 bridgehead atoms. The summed E-state index contributed by atoms with van der Waals surface area (Å²) in [5.74, 6) is -0.107. The summed E-state index contributed by atoms with van der Waals surface area (Å²) < 4.78 is 13.6. The molecule has 1 aromatic carbocycles. The number of carbonyl (C=O) groups is 1. The largest absolute Gasteiger partial charge is 0.352 e. The quantitative estimate of drug-likeness (QED) is 0.909. The van der Waals surface area contributed by atoms with Gasteiger partial charge in [-0.05, 0) is 67.7 Å². The van der Waals surface area contributed by atoms with Crippen LogP contribution >= 0.6 is 0 Å². The predicted molar refractivity (Wildman–Crippen MR) is 95.2 cm³/mol. The summed E-state index contributed by atoms with van der Waals surface area (Å²) in [5.41, 5.74) is 2.67. The Morgan fingerprint density at radius 3 is 2.60 bits per heavy atom. The van der Waals surface area contributed by atoms with Crippen LogP contribution in [0.3, 0.4) is 0 Å². The topological polar surface area (TPSA) is 45.2 Å². The Hall–Kier alpha value is -2.27. The van der Waals surface area contributed by atoms with Gasteiger partial charge in [0.1, 0.15) is 5.82 Å². The van der Waals surface area contributed by atoms with E-state index in [1.54, 1.807) is 13.0 Å². The second-order valence-corrected chi connectivity index (χ2v) is 6.71. The van der Waals surface area contributed by atoms with Crippen molar-refractivity contribution in [3.05, 3.63) is 65.2 Å². The number of halogens is 1. The first-order valence-electron chi connectivity index (χ1n) is 8.76. The average molecular weight is 341 g/mol. The highest BCUT2D eigenvalue weighted by Crippen LogP contribution is 2.19. The Labute approximate surface area is 148 Å². The Kier molecular flexibility index (Phi) is 5.76. The molecule has 3 rings (SSSR count). The lowest BCUT2D eigenvalue weighted by atomic mass is 9.95. The van der Waals surface area contributed by atoms with Crippen molar-refractivity contribution in [2.45, 2.75) is 32.9 Å². The van der Waals surface area contributed by atoms with Gasteiger partial charge in [0, 0.05) is 31.4 Å². The van der Waals surface area contributed by atoms with Crippen LogP contribution in [0.5, 0.6) is 0 Å². The smallest absolute Gasteiger partial charge is 0.223 e. The maximum absolute atomic E-state index is 13.6. The van der Waals surface area contributed by atoms with Crippen molar-refractivity contribution >= 4 is 5.91 Å². The third kappa shape index (κ3) is 4.86. The molecule has 0 spiro atoms. The number of piperidine rings is 1. The molecule has 1 aliphatic rings. The normalized spacial score (nSPS) is 15.9. The standard InChI is InChI=1S/C20H24FN3O/c1-15-2-3-17(12-19(15)21)13-23-20(25)18-6-10-24(11-7-18)14-16-4-8-22-9-5-16/h2-5,8-9,12,18H,6-7,10-11,13-14H2,1H3,(H,23,25).